The molecular weight excluding hydrogens is 332 g/mol. The van der Waals surface area contributed by atoms with Gasteiger partial charge in [-0.25, -0.2) is 4.98 Å². The molecule has 6 heteroatoms. The number of hydrogen-bond acceptors (Lipinski definition) is 4. The zero-order valence-electron chi connectivity index (χ0n) is 15.3. The molecule has 1 aromatic heterocycles. The highest BCUT2D eigenvalue weighted by Gasteiger charge is 2.13. The van der Waals surface area contributed by atoms with Crippen molar-refractivity contribution in [2.45, 2.75) is 38.9 Å². The third-order valence-electron chi connectivity index (χ3n) is 4.42. The Bertz CT molecular complexity index is 792. The minimum absolute atomic E-state index is 0.0206. The molecule has 1 atom stereocenters. The molecule has 0 aliphatic carbocycles. The van der Waals surface area contributed by atoms with Crippen LogP contribution in [0.4, 0.5) is 0 Å². The molecule has 1 N–H and O–H groups in total. The average molecular weight is 360 g/mol. The molecule has 5 nitrogen and oxygen atoms in total. The van der Waals surface area contributed by atoms with Crippen LogP contribution in [0.3, 0.4) is 0 Å². The second-order valence-corrected chi connectivity index (χ2v) is 7.26. The molecule has 2 aromatic rings. The van der Waals surface area contributed by atoms with Gasteiger partial charge in [-0.15, -0.1) is 0 Å². The van der Waals surface area contributed by atoms with Crippen LogP contribution in [0.2, 0.25) is 0 Å². The summed E-state index contributed by atoms with van der Waals surface area (Å²) in [5.74, 6) is 0.574. The van der Waals surface area contributed by atoms with Gasteiger partial charge in [0.2, 0.25) is 0 Å². The number of quaternary nitrogens is 1. The van der Waals surface area contributed by atoms with E-state index in [1.807, 2.05) is 31.2 Å². The molecule has 0 spiro atoms. The molecule has 0 amide bonds. The van der Waals surface area contributed by atoms with E-state index in [4.69, 9.17) is 10.2 Å². The van der Waals surface area contributed by atoms with Gasteiger partial charge in [0.25, 0.3) is 5.56 Å². The maximum Gasteiger partial charge on any atom is 0.262 e. The van der Waals surface area contributed by atoms with Crippen LogP contribution in [0.25, 0.3) is 10.9 Å². The minimum atomic E-state index is -0.0676. The first-order valence-electron chi connectivity index (χ1n) is 8.96. The Morgan fingerprint density at radius 3 is 2.72 bits per heavy atom. The number of para-hydroxylation sites is 1. The van der Waals surface area contributed by atoms with E-state index in [1.165, 1.54) is 16.7 Å². The number of benzene rings is 1. The molecule has 0 aliphatic heterocycles. The van der Waals surface area contributed by atoms with Crippen molar-refractivity contribution in [3.8, 4) is 6.07 Å². The Labute approximate surface area is 153 Å². The highest BCUT2D eigenvalue weighted by Crippen LogP contribution is 2.20. The minimum Gasteiger partial charge on any atom is -0.335 e. The third-order valence-corrected chi connectivity index (χ3v) is 5.66. The zero-order valence-corrected chi connectivity index (χ0v) is 16.1. The number of nitrogens with zero attached hydrogens (tertiary/aromatic N) is 3. The predicted octanol–water partition coefficient (Wildman–Crippen LogP) is 1.96. The molecule has 1 heterocycles. The molecule has 0 unspecified atom stereocenters. The van der Waals surface area contributed by atoms with Crippen LogP contribution in [0.5, 0.6) is 0 Å². The lowest BCUT2D eigenvalue weighted by molar-refractivity contribution is -0.896. The van der Waals surface area contributed by atoms with Gasteiger partial charge in [-0.05, 0) is 32.9 Å². The van der Waals surface area contributed by atoms with Gasteiger partial charge in [-0.3, -0.25) is 9.36 Å². The number of thioether (sulfide) groups is 1. The van der Waals surface area contributed by atoms with Crippen LogP contribution in [-0.4, -0.2) is 34.9 Å². The number of nitriles is 1. The Hall–Kier alpha value is -1.84. The summed E-state index contributed by atoms with van der Waals surface area (Å²) >= 11 is 1.50. The van der Waals surface area contributed by atoms with Crippen molar-refractivity contribution in [3.05, 3.63) is 34.6 Å². The van der Waals surface area contributed by atoms with E-state index >= 15 is 0 Å². The van der Waals surface area contributed by atoms with E-state index < -0.39 is 0 Å². The molecule has 0 saturated carbocycles. The van der Waals surface area contributed by atoms with E-state index in [0.29, 0.717) is 17.7 Å². The van der Waals surface area contributed by atoms with Gasteiger partial charge in [0, 0.05) is 18.7 Å². The van der Waals surface area contributed by atoms with Crippen LogP contribution in [0.1, 0.15) is 27.2 Å². The topological polar surface area (TPSA) is 63.1 Å². The summed E-state index contributed by atoms with van der Waals surface area (Å²) in [6.45, 7) is 10.2. The molecular formula is C19H27N4OS+. The van der Waals surface area contributed by atoms with Crippen molar-refractivity contribution < 1.29 is 4.90 Å². The van der Waals surface area contributed by atoms with Gasteiger partial charge >= 0.3 is 0 Å². The lowest BCUT2D eigenvalue weighted by Gasteiger charge is -2.17. The van der Waals surface area contributed by atoms with E-state index in [9.17, 15) is 4.79 Å². The average Bonchev–Trinajstić information content (AvgIpc) is 2.65. The lowest BCUT2D eigenvalue weighted by Crippen LogP contribution is -3.11. The monoisotopic (exact) mass is 359 g/mol. The van der Waals surface area contributed by atoms with Gasteiger partial charge in [0.05, 0.1) is 42.5 Å². The number of nitrogens with one attached hydrogen (secondary N) is 1. The summed E-state index contributed by atoms with van der Waals surface area (Å²) in [4.78, 5) is 19.1. The second-order valence-electron chi connectivity index (χ2n) is 6.27. The van der Waals surface area contributed by atoms with Crippen LogP contribution in [0.15, 0.2) is 34.2 Å². The standard InChI is InChI=1S/C19H26N4OS/c1-4-22(5-2)11-8-12-23-18(24)16-9-6-7-10-17(16)21-19(23)25-14-15(3)13-20/h6-7,9-10,15H,4-5,8,11-12,14H2,1-3H3/p+1/t15-/m0/s1. The van der Waals surface area contributed by atoms with Crippen LogP contribution in [0, 0.1) is 17.2 Å². The fraction of sp³-hybridized carbons (Fsp3) is 0.526. The molecule has 2 rings (SSSR count). The molecule has 0 fully saturated rings. The zero-order chi connectivity index (χ0) is 18.2. The predicted molar refractivity (Wildman–Crippen MR) is 103 cm³/mol. The molecule has 0 radical (unpaired) electrons. The first-order chi connectivity index (χ1) is 12.1. The Morgan fingerprint density at radius 2 is 2.04 bits per heavy atom. The summed E-state index contributed by atoms with van der Waals surface area (Å²) in [5, 5.41) is 10.4. The fourth-order valence-corrected chi connectivity index (χ4v) is 3.75. The highest BCUT2D eigenvalue weighted by atomic mass is 32.2. The van der Waals surface area contributed by atoms with Crippen LogP contribution >= 0.6 is 11.8 Å². The molecule has 134 valence electrons. The number of hydrogen-bond donors (Lipinski definition) is 1. The first kappa shape index (κ1) is 19.5. The van der Waals surface area contributed by atoms with Crippen molar-refractivity contribution >= 4 is 22.7 Å². The number of aromatic nitrogens is 2. The van der Waals surface area contributed by atoms with Crippen molar-refractivity contribution in [3.63, 3.8) is 0 Å². The van der Waals surface area contributed by atoms with E-state index in [0.717, 1.165) is 36.7 Å². The molecule has 0 bridgehead atoms. The maximum atomic E-state index is 12.9. The van der Waals surface area contributed by atoms with Gasteiger partial charge in [0.1, 0.15) is 0 Å². The third kappa shape index (κ3) is 5.07. The fourth-order valence-electron chi connectivity index (χ4n) is 2.78. The summed E-state index contributed by atoms with van der Waals surface area (Å²) in [6.07, 6.45) is 0.943. The Morgan fingerprint density at radius 1 is 1.32 bits per heavy atom. The summed E-state index contributed by atoms with van der Waals surface area (Å²) in [5.41, 5.74) is 0.748. The largest absolute Gasteiger partial charge is 0.335 e. The number of rotatable bonds is 9. The second kappa shape index (κ2) is 9.59. The van der Waals surface area contributed by atoms with Crippen LogP contribution in [-0.2, 0) is 6.54 Å². The van der Waals surface area contributed by atoms with E-state index in [1.54, 1.807) is 4.57 Å². The summed E-state index contributed by atoms with van der Waals surface area (Å²) in [6, 6.07) is 9.72. The Kier molecular flexibility index (Phi) is 7.48. The molecule has 0 aliphatic rings. The van der Waals surface area contributed by atoms with Gasteiger partial charge in [-0.1, -0.05) is 23.9 Å². The SMILES string of the molecule is CC[NH+](CC)CCCn1c(SC[C@@H](C)C#N)nc2ccccc2c1=O. The van der Waals surface area contributed by atoms with Gasteiger partial charge < -0.3 is 4.90 Å². The van der Waals surface area contributed by atoms with Crippen molar-refractivity contribution in [1.82, 2.24) is 9.55 Å². The van der Waals surface area contributed by atoms with Crippen molar-refractivity contribution in [2.75, 3.05) is 25.4 Å². The summed E-state index contributed by atoms with van der Waals surface area (Å²) in [7, 11) is 0. The van der Waals surface area contributed by atoms with Crippen molar-refractivity contribution in [2.24, 2.45) is 5.92 Å². The van der Waals surface area contributed by atoms with E-state index in [2.05, 4.69) is 19.9 Å². The van der Waals surface area contributed by atoms with E-state index in [-0.39, 0.29) is 11.5 Å². The lowest BCUT2D eigenvalue weighted by atomic mass is 10.2. The smallest absolute Gasteiger partial charge is 0.262 e. The van der Waals surface area contributed by atoms with Gasteiger partial charge in [-0.2, -0.15) is 5.26 Å². The van der Waals surface area contributed by atoms with Crippen LogP contribution < -0.4 is 10.5 Å². The highest BCUT2D eigenvalue weighted by molar-refractivity contribution is 7.99. The Balaban J connectivity index is 2.28. The first-order valence-corrected chi connectivity index (χ1v) is 9.94. The summed E-state index contributed by atoms with van der Waals surface area (Å²) < 4.78 is 1.79. The quantitative estimate of drug-likeness (QED) is 0.549. The normalized spacial score (nSPS) is 12.4. The molecule has 1 aromatic carbocycles. The molecule has 0 saturated heterocycles. The number of fused-ring (bicyclic) bond motifs is 1. The molecule has 25 heavy (non-hydrogen) atoms. The van der Waals surface area contributed by atoms with Gasteiger partial charge in [0.15, 0.2) is 5.16 Å². The maximum absolute atomic E-state index is 12.9. The van der Waals surface area contributed by atoms with Crippen molar-refractivity contribution in [1.29, 1.82) is 5.26 Å².